The summed E-state index contributed by atoms with van der Waals surface area (Å²) in [5.41, 5.74) is 5.04. The Morgan fingerprint density at radius 3 is 2.53 bits per heavy atom. The van der Waals surface area contributed by atoms with Crippen molar-refractivity contribution >= 4 is 17.2 Å². The SMILES string of the molecule is CC(=O)N1CC2CCC1CN2c1ccc(-c2cc(-c3cnn(C)c3)cn3ncc(C#N)c23)cn1. The fourth-order valence-electron chi connectivity index (χ4n) is 5.36. The molecule has 1 amide bonds. The number of carbonyl (C=O) groups is 1. The molecule has 170 valence electrons. The number of nitrogens with zero attached hydrogens (tertiary/aromatic N) is 8. The maximum Gasteiger partial charge on any atom is 0.219 e. The van der Waals surface area contributed by atoms with Crippen LogP contribution in [0.2, 0.25) is 0 Å². The molecule has 9 nitrogen and oxygen atoms in total. The van der Waals surface area contributed by atoms with Crippen LogP contribution in [0, 0.1) is 11.3 Å². The molecule has 9 heteroatoms. The van der Waals surface area contributed by atoms with E-state index in [0.717, 1.165) is 59.5 Å². The first-order valence-corrected chi connectivity index (χ1v) is 11.4. The molecule has 0 radical (unpaired) electrons. The number of pyridine rings is 2. The van der Waals surface area contributed by atoms with Crippen molar-refractivity contribution in [2.75, 3.05) is 18.0 Å². The molecule has 4 aromatic heterocycles. The third kappa shape index (κ3) is 3.22. The normalized spacial score (nSPS) is 19.6. The number of amides is 1. The predicted molar refractivity (Wildman–Crippen MR) is 127 cm³/mol. The van der Waals surface area contributed by atoms with E-state index in [1.807, 2.05) is 42.8 Å². The maximum absolute atomic E-state index is 12.0. The fourth-order valence-corrected chi connectivity index (χ4v) is 5.36. The molecule has 3 aliphatic heterocycles. The molecule has 3 fully saturated rings. The van der Waals surface area contributed by atoms with E-state index in [1.54, 1.807) is 22.3 Å². The molecule has 4 aromatic rings. The van der Waals surface area contributed by atoms with Crippen molar-refractivity contribution in [3.63, 3.8) is 0 Å². The van der Waals surface area contributed by atoms with E-state index in [9.17, 15) is 10.1 Å². The molecule has 2 bridgehead atoms. The largest absolute Gasteiger partial charge is 0.350 e. The van der Waals surface area contributed by atoms with E-state index in [4.69, 9.17) is 4.98 Å². The summed E-state index contributed by atoms with van der Waals surface area (Å²) >= 11 is 0. The fraction of sp³-hybridized carbons (Fsp3) is 0.320. The van der Waals surface area contributed by atoms with Crippen LogP contribution < -0.4 is 4.90 Å². The quantitative estimate of drug-likeness (QED) is 0.474. The van der Waals surface area contributed by atoms with Gasteiger partial charge in [0.1, 0.15) is 11.9 Å². The zero-order valence-corrected chi connectivity index (χ0v) is 19.1. The third-order valence-electron chi connectivity index (χ3n) is 7.06. The second-order valence-electron chi connectivity index (χ2n) is 9.12. The highest BCUT2D eigenvalue weighted by molar-refractivity contribution is 5.87. The summed E-state index contributed by atoms with van der Waals surface area (Å²) in [5, 5.41) is 18.4. The van der Waals surface area contributed by atoms with Gasteiger partial charge in [0, 0.05) is 80.0 Å². The van der Waals surface area contributed by atoms with Crippen molar-refractivity contribution < 1.29 is 4.79 Å². The Kier molecular flexibility index (Phi) is 4.62. The number of piperazine rings is 1. The van der Waals surface area contributed by atoms with Crippen LogP contribution in [0.25, 0.3) is 27.8 Å². The molecular formula is C25H24N8O. The molecule has 3 saturated heterocycles. The number of anilines is 1. The minimum absolute atomic E-state index is 0.157. The van der Waals surface area contributed by atoms with Crippen LogP contribution in [0.15, 0.2) is 49.2 Å². The van der Waals surface area contributed by atoms with E-state index in [2.05, 4.69) is 33.3 Å². The second kappa shape index (κ2) is 7.70. The van der Waals surface area contributed by atoms with Gasteiger partial charge in [-0.3, -0.25) is 9.48 Å². The summed E-state index contributed by atoms with van der Waals surface area (Å²) in [5.74, 6) is 1.08. The average Bonchev–Trinajstić information content (AvgIpc) is 3.49. The van der Waals surface area contributed by atoms with Gasteiger partial charge in [0.25, 0.3) is 0 Å². The van der Waals surface area contributed by atoms with E-state index in [-0.39, 0.29) is 11.9 Å². The summed E-state index contributed by atoms with van der Waals surface area (Å²) < 4.78 is 3.52. The summed E-state index contributed by atoms with van der Waals surface area (Å²) in [6.07, 6.45) is 11.3. The first-order chi connectivity index (χ1) is 16.5. The zero-order valence-electron chi connectivity index (χ0n) is 19.1. The van der Waals surface area contributed by atoms with Crippen molar-refractivity contribution in [2.45, 2.75) is 31.8 Å². The molecule has 0 spiro atoms. The molecule has 7 rings (SSSR count). The van der Waals surface area contributed by atoms with Crippen LogP contribution in [0.3, 0.4) is 0 Å². The Balaban J connectivity index is 1.38. The molecule has 2 atom stereocenters. The number of fused-ring (bicyclic) bond motifs is 4. The van der Waals surface area contributed by atoms with Gasteiger partial charge in [0.05, 0.1) is 23.5 Å². The van der Waals surface area contributed by atoms with Gasteiger partial charge >= 0.3 is 0 Å². The molecule has 0 aliphatic carbocycles. The van der Waals surface area contributed by atoms with Crippen molar-refractivity contribution in [3.05, 3.63) is 54.7 Å². The van der Waals surface area contributed by atoms with Gasteiger partial charge in [0.15, 0.2) is 0 Å². The number of aryl methyl sites for hydroxylation is 1. The van der Waals surface area contributed by atoms with Crippen LogP contribution in [-0.4, -0.2) is 60.4 Å². The average molecular weight is 453 g/mol. The topological polar surface area (TPSA) is 95.4 Å². The second-order valence-corrected chi connectivity index (χ2v) is 9.12. The molecule has 3 aliphatic rings. The van der Waals surface area contributed by atoms with Crippen molar-refractivity contribution in [1.82, 2.24) is 29.3 Å². The zero-order chi connectivity index (χ0) is 23.4. The summed E-state index contributed by atoms with van der Waals surface area (Å²) in [6, 6.07) is 8.98. The minimum atomic E-state index is 0.157. The lowest BCUT2D eigenvalue weighted by atomic mass is 9.90. The van der Waals surface area contributed by atoms with E-state index in [0.29, 0.717) is 11.6 Å². The lowest BCUT2D eigenvalue weighted by Crippen LogP contribution is -2.64. The van der Waals surface area contributed by atoms with E-state index in [1.165, 1.54) is 0 Å². The van der Waals surface area contributed by atoms with Gasteiger partial charge in [-0.2, -0.15) is 15.5 Å². The number of piperidine rings is 2. The lowest BCUT2D eigenvalue weighted by molar-refractivity contribution is -0.133. The predicted octanol–water partition coefficient (Wildman–Crippen LogP) is 2.87. The van der Waals surface area contributed by atoms with Crippen LogP contribution in [0.1, 0.15) is 25.3 Å². The van der Waals surface area contributed by atoms with Gasteiger partial charge in [0.2, 0.25) is 5.91 Å². The number of aromatic nitrogens is 5. The molecule has 34 heavy (non-hydrogen) atoms. The van der Waals surface area contributed by atoms with E-state index >= 15 is 0 Å². The van der Waals surface area contributed by atoms with Gasteiger partial charge in [-0.15, -0.1) is 0 Å². The molecule has 7 heterocycles. The van der Waals surface area contributed by atoms with Crippen molar-refractivity contribution in [2.24, 2.45) is 7.05 Å². The Labute approximate surface area is 196 Å². The lowest BCUT2D eigenvalue weighted by Gasteiger charge is -2.51. The van der Waals surface area contributed by atoms with Crippen molar-refractivity contribution in [3.8, 4) is 28.3 Å². The summed E-state index contributed by atoms with van der Waals surface area (Å²) in [7, 11) is 1.89. The molecule has 0 N–H and O–H groups in total. The van der Waals surface area contributed by atoms with Crippen LogP contribution in [-0.2, 0) is 11.8 Å². The number of carbonyl (C=O) groups excluding carboxylic acids is 1. The van der Waals surface area contributed by atoms with Crippen LogP contribution in [0.5, 0.6) is 0 Å². The number of rotatable bonds is 3. The maximum atomic E-state index is 12.0. The van der Waals surface area contributed by atoms with Crippen molar-refractivity contribution in [1.29, 1.82) is 5.26 Å². The van der Waals surface area contributed by atoms with Gasteiger partial charge < -0.3 is 9.80 Å². The molecule has 0 saturated carbocycles. The summed E-state index contributed by atoms with van der Waals surface area (Å²) in [4.78, 5) is 21.1. The number of hydrogen-bond acceptors (Lipinski definition) is 6. The minimum Gasteiger partial charge on any atom is -0.350 e. The highest BCUT2D eigenvalue weighted by Gasteiger charge is 2.40. The standard InChI is InChI=1S/C25H24N8O/c1-16(34)31-14-22-5-4-21(31)15-32(22)24-6-3-17(9-27-24)23-7-18(20-11-28-30(2)12-20)13-33-25(23)19(8-26)10-29-33/h3,6-7,9-13,21-22H,4-5,14-15H2,1-2H3. The Bertz CT molecular complexity index is 1440. The van der Waals surface area contributed by atoms with E-state index < -0.39 is 0 Å². The van der Waals surface area contributed by atoms with Gasteiger partial charge in [-0.05, 0) is 31.0 Å². The molecule has 0 aromatic carbocycles. The van der Waals surface area contributed by atoms with Gasteiger partial charge in [-0.25, -0.2) is 9.50 Å². The number of nitriles is 1. The first kappa shape index (κ1) is 20.4. The highest BCUT2D eigenvalue weighted by atomic mass is 16.2. The number of hydrogen-bond donors (Lipinski definition) is 0. The van der Waals surface area contributed by atoms with Gasteiger partial charge in [-0.1, -0.05) is 0 Å². The summed E-state index contributed by atoms with van der Waals surface area (Å²) in [6.45, 7) is 3.24. The smallest absolute Gasteiger partial charge is 0.219 e. The first-order valence-electron chi connectivity index (χ1n) is 11.4. The Morgan fingerprint density at radius 1 is 1.03 bits per heavy atom. The third-order valence-corrected chi connectivity index (χ3v) is 7.06. The Morgan fingerprint density at radius 2 is 1.88 bits per heavy atom. The van der Waals surface area contributed by atoms with Crippen LogP contribution >= 0.6 is 0 Å². The van der Waals surface area contributed by atoms with Crippen LogP contribution in [0.4, 0.5) is 5.82 Å². The highest BCUT2D eigenvalue weighted by Crippen LogP contribution is 2.35. The monoisotopic (exact) mass is 452 g/mol. The Hall–Kier alpha value is -4.19. The molecular weight excluding hydrogens is 428 g/mol. The molecule has 2 unspecified atom stereocenters.